The van der Waals surface area contributed by atoms with Gasteiger partial charge in [0.2, 0.25) is 5.91 Å². The molecule has 1 aromatic carbocycles. The third-order valence-electron chi connectivity index (χ3n) is 4.44. The van der Waals surface area contributed by atoms with E-state index in [9.17, 15) is 9.59 Å². The fourth-order valence-electron chi connectivity index (χ4n) is 3.13. The summed E-state index contributed by atoms with van der Waals surface area (Å²) < 4.78 is 10.6. The first kappa shape index (κ1) is 24.0. The van der Waals surface area contributed by atoms with Gasteiger partial charge in [-0.1, -0.05) is 13.0 Å². The number of nitrogens with zero attached hydrogens (tertiary/aromatic N) is 2. The molecule has 0 saturated carbocycles. The number of nitrogens with one attached hydrogen (secondary N) is 2. The van der Waals surface area contributed by atoms with E-state index >= 15 is 0 Å². The summed E-state index contributed by atoms with van der Waals surface area (Å²) in [4.78, 5) is 29.3. The van der Waals surface area contributed by atoms with E-state index in [0.717, 1.165) is 12.5 Å². The summed E-state index contributed by atoms with van der Waals surface area (Å²) in [6, 6.07) is 7.24. The number of methoxy groups -OCH3 is 1. The molecule has 0 spiro atoms. The minimum atomic E-state index is -0.178. The number of carbonyl (C=O) groups is 2. The highest BCUT2D eigenvalue weighted by atomic mass is 127. The van der Waals surface area contributed by atoms with Crippen LogP contribution in [0.4, 0.5) is 5.69 Å². The topological polar surface area (TPSA) is 92.3 Å². The lowest BCUT2D eigenvalue weighted by atomic mass is 9.99. The Morgan fingerprint density at radius 3 is 2.71 bits per heavy atom. The molecule has 8 nitrogen and oxygen atoms in total. The zero-order chi connectivity index (χ0) is 19.8. The van der Waals surface area contributed by atoms with Crippen LogP contribution in [0.1, 0.15) is 13.8 Å². The molecule has 1 fully saturated rings. The van der Waals surface area contributed by atoms with Gasteiger partial charge in [0.05, 0.1) is 19.6 Å². The van der Waals surface area contributed by atoms with Crippen LogP contribution in [0.2, 0.25) is 0 Å². The van der Waals surface area contributed by atoms with Crippen molar-refractivity contribution in [1.29, 1.82) is 0 Å². The highest BCUT2D eigenvalue weighted by molar-refractivity contribution is 14.0. The van der Waals surface area contributed by atoms with E-state index in [2.05, 4.69) is 20.5 Å². The predicted octanol–water partition coefficient (Wildman–Crippen LogP) is 1.96. The van der Waals surface area contributed by atoms with Crippen LogP contribution >= 0.6 is 24.0 Å². The standard InChI is InChI=1S/C19H28N4O4.HI/c1-13-11-23(12-17(13)18(25)26-4)19(20-3)21-8-9-27-16-7-5-6-15(10-16)22-14(2)24;/h5-7,10,13,17H,8-9,11-12H2,1-4H3,(H,20,21)(H,22,24);1H. The Balaban J connectivity index is 0.00000392. The number of anilines is 1. The van der Waals surface area contributed by atoms with Gasteiger partial charge < -0.3 is 25.0 Å². The van der Waals surface area contributed by atoms with Crippen LogP contribution in [0, 0.1) is 11.8 Å². The first-order chi connectivity index (χ1) is 12.9. The number of aliphatic imine (C=N–C) groups is 1. The summed E-state index contributed by atoms with van der Waals surface area (Å²) >= 11 is 0. The maximum absolute atomic E-state index is 11.8. The Kier molecular flexibility index (Phi) is 10.0. The van der Waals surface area contributed by atoms with Crippen molar-refractivity contribution in [1.82, 2.24) is 10.2 Å². The fraction of sp³-hybridized carbons (Fsp3) is 0.526. The summed E-state index contributed by atoms with van der Waals surface area (Å²) in [5.74, 6) is 1.19. The molecule has 28 heavy (non-hydrogen) atoms. The number of guanidine groups is 1. The molecule has 0 aliphatic carbocycles. The number of carbonyl (C=O) groups excluding carboxylic acids is 2. The molecule has 2 rings (SSSR count). The maximum atomic E-state index is 11.8. The second-order valence-corrected chi connectivity index (χ2v) is 6.54. The van der Waals surface area contributed by atoms with Gasteiger partial charge in [-0.05, 0) is 18.1 Å². The smallest absolute Gasteiger partial charge is 0.310 e. The third kappa shape index (κ3) is 6.84. The lowest BCUT2D eigenvalue weighted by Crippen LogP contribution is -2.42. The highest BCUT2D eigenvalue weighted by Crippen LogP contribution is 2.24. The van der Waals surface area contributed by atoms with Crippen LogP contribution in [0.25, 0.3) is 0 Å². The van der Waals surface area contributed by atoms with Crippen molar-refractivity contribution < 1.29 is 19.1 Å². The van der Waals surface area contributed by atoms with Gasteiger partial charge in [-0.3, -0.25) is 14.6 Å². The van der Waals surface area contributed by atoms with E-state index in [1.54, 1.807) is 19.2 Å². The average molecular weight is 504 g/mol. The monoisotopic (exact) mass is 504 g/mol. The lowest BCUT2D eigenvalue weighted by Gasteiger charge is -2.21. The minimum Gasteiger partial charge on any atom is -0.492 e. The summed E-state index contributed by atoms with van der Waals surface area (Å²) in [5.41, 5.74) is 0.698. The Labute approximate surface area is 183 Å². The van der Waals surface area contributed by atoms with Gasteiger partial charge in [-0.25, -0.2) is 0 Å². The molecule has 0 aromatic heterocycles. The van der Waals surface area contributed by atoms with Crippen molar-refractivity contribution in [2.75, 3.05) is 45.7 Å². The number of hydrogen-bond donors (Lipinski definition) is 2. The predicted molar refractivity (Wildman–Crippen MR) is 119 cm³/mol. The Morgan fingerprint density at radius 2 is 2.07 bits per heavy atom. The van der Waals surface area contributed by atoms with E-state index in [1.165, 1.54) is 14.0 Å². The normalized spacial score (nSPS) is 18.9. The number of ether oxygens (including phenoxy) is 2. The van der Waals surface area contributed by atoms with Gasteiger partial charge in [0, 0.05) is 38.8 Å². The van der Waals surface area contributed by atoms with Crippen LogP contribution in [-0.4, -0.2) is 63.1 Å². The van der Waals surface area contributed by atoms with Crippen molar-refractivity contribution in [3.05, 3.63) is 24.3 Å². The van der Waals surface area contributed by atoms with E-state index in [-0.39, 0.29) is 47.7 Å². The van der Waals surface area contributed by atoms with Gasteiger partial charge in [0.25, 0.3) is 0 Å². The van der Waals surface area contributed by atoms with Gasteiger partial charge in [0.1, 0.15) is 12.4 Å². The second-order valence-electron chi connectivity index (χ2n) is 6.54. The molecule has 9 heteroatoms. The van der Waals surface area contributed by atoms with E-state index in [0.29, 0.717) is 31.1 Å². The van der Waals surface area contributed by atoms with Crippen LogP contribution in [-0.2, 0) is 14.3 Å². The summed E-state index contributed by atoms with van der Waals surface area (Å²) in [7, 11) is 3.14. The zero-order valence-electron chi connectivity index (χ0n) is 16.7. The molecule has 1 aliphatic rings. The van der Waals surface area contributed by atoms with Gasteiger partial charge >= 0.3 is 5.97 Å². The molecule has 0 radical (unpaired) electrons. The largest absolute Gasteiger partial charge is 0.492 e. The average Bonchev–Trinajstić information content (AvgIpc) is 3.02. The number of halogens is 1. The van der Waals surface area contributed by atoms with Gasteiger partial charge in [0.15, 0.2) is 5.96 Å². The SMILES string of the molecule is CN=C(NCCOc1cccc(NC(C)=O)c1)N1CC(C)C(C(=O)OC)C1.I. The first-order valence-corrected chi connectivity index (χ1v) is 8.98. The van der Waals surface area contributed by atoms with E-state index < -0.39 is 0 Å². The summed E-state index contributed by atoms with van der Waals surface area (Å²) in [5, 5.41) is 5.98. The quantitative estimate of drug-likeness (QED) is 0.202. The Bertz CT molecular complexity index is 698. The highest BCUT2D eigenvalue weighted by Gasteiger charge is 2.36. The number of likely N-dealkylation sites (tertiary alicyclic amines) is 1. The van der Waals surface area contributed by atoms with Crippen molar-refractivity contribution >= 4 is 47.5 Å². The number of hydrogen-bond acceptors (Lipinski definition) is 5. The molecule has 156 valence electrons. The number of amides is 1. The number of rotatable bonds is 6. The molecule has 2 unspecified atom stereocenters. The molecule has 1 heterocycles. The molecule has 1 aromatic rings. The van der Waals surface area contributed by atoms with Crippen molar-refractivity contribution in [2.45, 2.75) is 13.8 Å². The fourth-order valence-corrected chi connectivity index (χ4v) is 3.13. The summed E-state index contributed by atoms with van der Waals surface area (Å²) in [6.45, 7) is 5.84. The van der Waals surface area contributed by atoms with Crippen LogP contribution in [0.5, 0.6) is 5.75 Å². The Morgan fingerprint density at radius 1 is 1.32 bits per heavy atom. The van der Waals surface area contributed by atoms with Crippen molar-refractivity contribution in [3.8, 4) is 5.75 Å². The van der Waals surface area contributed by atoms with Crippen LogP contribution < -0.4 is 15.4 Å². The van der Waals surface area contributed by atoms with Gasteiger partial charge in [-0.2, -0.15) is 0 Å². The molecule has 2 N–H and O–H groups in total. The lowest BCUT2D eigenvalue weighted by molar-refractivity contribution is -0.146. The molecular weight excluding hydrogens is 475 g/mol. The zero-order valence-corrected chi connectivity index (χ0v) is 19.1. The Hall–Kier alpha value is -2.04. The number of esters is 1. The van der Waals surface area contributed by atoms with Crippen LogP contribution in [0.15, 0.2) is 29.3 Å². The first-order valence-electron chi connectivity index (χ1n) is 8.98. The summed E-state index contributed by atoms with van der Waals surface area (Å²) in [6.07, 6.45) is 0. The molecule has 0 bridgehead atoms. The second kappa shape index (κ2) is 11.7. The third-order valence-corrected chi connectivity index (χ3v) is 4.44. The molecule has 1 saturated heterocycles. The number of benzene rings is 1. The van der Waals surface area contributed by atoms with Crippen LogP contribution in [0.3, 0.4) is 0 Å². The molecule has 1 amide bonds. The maximum Gasteiger partial charge on any atom is 0.310 e. The molecule has 2 atom stereocenters. The van der Waals surface area contributed by atoms with Crippen molar-refractivity contribution in [2.24, 2.45) is 16.8 Å². The van der Waals surface area contributed by atoms with E-state index in [4.69, 9.17) is 9.47 Å². The molecule has 1 aliphatic heterocycles. The van der Waals surface area contributed by atoms with Gasteiger partial charge in [-0.15, -0.1) is 24.0 Å². The molecular formula is C19H29IN4O4. The van der Waals surface area contributed by atoms with Crippen molar-refractivity contribution in [3.63, 3.8) is 0 Å². The minimum absolute atomic E-state index is 0. The van der Waals surface area contributed by atoms with E-state index in [1.807, 2.05) is 19.1 Å².